The summed E-state index contributed by atoms with van der Waals surface area (Å²) in [5.41, 5.74) is 1.93. The minimum absolute atomic E-state index is 0.0268. The van der Waals surface area contributed by atoms with Crippen molar-refractivity contribution in [3.63, 3.8) is 0 Å². The number of ether oxygens (including phenoxy) is 2. The first-order valence-corrected chi connectivity index (χ1v) is 8.43. The van der Waals surface area contributed by atoms with Crippen LogP contribution in [-0.4, -0.2) is 36.2 Å². The highest BCUT2D eigenvalue weighted by molar-refractivity contribution is 7.98. The first-order chi connectivity index (χ1) is 11.1. The molecule has 0 bridgehead atoms. The number of hydrogen-bond acceptors (Lipinski definition) is 5. The third-order valence-corrected chi connectivity index (χ3v) is 4.86. The first-order valence-electron chi connectivity index (χ1n) is 7.20. The normalized spacial score (nSPS) is 16.7. The Hall–Kier alpha value is -2.15. The van der Waals surface area contributed by atoms with Crippen LogP contribution in [0.5, 0.6) is 11.5 Å². The number of carbonyl (C=O) groups is 1. The molecule has 0 saturated carbocycles. The topological polar surface area (TPSA) is 65.4 Å². The Morgan fingerprint density at radius 3 is 2.65 bits per heavy atom. The van der Waals surface area contributed by atoms with Gasteiger partial charge < -0.3 is 14.8 Å². The van der Waals surface area contributed by atoms with Gasteiger partial charge in [-0.1, -0.05) is 0 Å². The number of methoxy groups -OCH3 is 2. The summed E-state index contributed by atoms with van der Waals surface area (Å²) in [4.78, 5) is 13.1. The van der Waals surface area contributed by atoms with Crippen LogP contribution < -0.4 is 14.8 Å². The molecule has 23 heavy (non-hydrogen) atoms. The van der Waals surface area contributed by atoms with E-state index < -0.39 is 0 Å². The number of benzene rings is 1. The van der Waals surface area contributed by atoms with E-state index >= 15 is 0 Å². The Labute approximate surface area is 139 Å². The molecule has 0 spiro atoms. The lowest BCUT2D eigenvalue weighted by Gasteiger charge is -2.25. The summed E-state index contributed by atoms with van der Waals surface area (Å²) in [6.45, 7) is 0. The number of anilines is 1. The Morgan fingerprint density at radius 2 is 2.00 bits per heavy atom. The van der Waals surface area contributed by atoms with Gasteiger partial charge in [0.05, 0.1) is 25.3 Å². The quantitative estimate of drug-likeness (QED) is 0.872. The van der Waals surface area contributed by atoms with E-state index in [1.165, 1.54) is 0 Å². The van der Waals surface area contributed by atoms with Crippen molar-refractivity contribution in [3.8, 4) is 11.5 Å². The second kappa shape index (κ2) is 6.16. The molecule has 0 radical (unpaired) electrons. The fourth-order valence-electron chi connectivity index (χ4n) is 2.94. The zero-order valence-electron chi connectivity index (χ0n) is 13.5. The zero-order valence-corrected chi connectivity index (χ0v) is 14.4. The molecular formula is C16H19N3O3S. The van der Waals surface area contributed by atoms with E-state index in [2.05, 4.69) is 10.4 Å². The minimum Gasteiger partial charge on any atom is -0.496 e. The van der Waals surface area contributed by atoms with Gasteiger partial charge in [0.15, 0.2) is 0 Å². The molecule has 7 heteroatoms. The smallest absolute Gasteiger partial charge is 0.226 e. The van der Waals surface area contributed by atoms with Crippen molar-refractivity contribution < 1.29 is 14.3 Å². The summed E-state index contributed by atoms with van der Waals surface area (Å²) in [6.07, 6.45) is 4.15. The summed E-state index contributed by atoms with van der Waals surface area (Å²) in [5, 5.41) is 7.15. The number of nitrogens with one attached hydrogen (secondary N) is 1. The monoisotopic (exact) mass is 333 g/mol. The molecule has 6 nitrogen and oxygen atoms in total. The predicted octanol–water partition coefficient (Wildman–Crippen LogP) is 2.63. The molecule has 0 fully saturated rings. The van der Waals surface area contributed by atoms with Gasteiger partial charge >= 0.3 is 0 Å². The highest BCUT2D eigenvalue weighted by Gasteiger charge is 2.31. The number of fused-ring (bicyclic) bond motifs is 1. The summed E-state index contributed by atoms with van der Waals surface area (Å²) < 4.78 is 12.7. The lowest BCUT2D eigenvalue weighted by atomic mass is 9.86. The van der Waals surface area contributed by atoms with Crippen LogP contribution in [0.1, 0.15) is 23.5 Å². The number of nitrogens with zero attached hydrogens (tertiary/aromatic N) is 2. The molecule has 0 aliphatic carbocycles. The van der Waals surface area contributed by atoms with Crippen molar-refractivity contribution in [1.82, 2.24) is 9.78 Å². The summed E-state index contributed by atoms with van der Waals surface area (Å²) in [5.74, 6) is 2.14. The average Bonchev–Trinajstić information content (AvgIpc) is 2.94. The second-order valence-electron chi connectivity index (χ2n) is 5.33. The van der Waals surface area contributed by atoms with E-state index in [0.29, 0.717) is 6.42 Å². The van der Waals surface area contributed by atoms with Crippen LogP contribution in [0.2, 0.25) is 0 Å². The molecule has 1 aliphatic rings. The van der Waals surface area contributed by atoms with Crippen molar-refractivity contribution in [2.45, 2.75) is 17.2 Å². The molecule has 3 rings (SSSR count). The molecular weight excluding hydrogens is 314 g/mol. The average molecular weight is 333 g/mol. The Bertz CT molecular complexity index is 757. The van der Waals surface area contributed by atoms with E-state index in [1.807, 2.05) is 25.4 Å². The summed E-state index contributed by atoms with van der Waals surface area (Å²) >= 11 is 1.59. The fraction of sp³-hybridized carbons (Fsp3) is 0.375. The van der Waals surface area contributed by atoms with Gasteiger partial charge in [-0.05, 0) is 18.4 Å². The van der Waals surface area contributed by atoms with Gasteiger partial charge in [-0.3, -0.25) is 9.48 Å². The first kappa shape index (κ1) is 15.7. The Balaban J connectivity index is 2.16. The van der Waals surface area contributed by atoms with Crippen LogP contribution in [0, 0.1) is 0 Å². The standard InChI is InChI=1S/C16H19N3O3S/c1-19-16-11(8-17-19)9(6-15(20)18-16)10-5-13(22-3)14(23-4)7-12(10)21-2/h5,7-9H,6H2,1-4H3,(H,18,20). The number of aryl methyl sites for hydroxylation is 1. The van der Waals surface area contributed by atoms with Crippen LogP contribution in [0.15, 0.2) is 23.2 Å². The molecule has 1 N–H and O–H groups in total. The van der Waals surface area contributed by atoms with Crippen molar-refractivity contribution in [1.29, 1.82) is 0 Å². The lowest BCUT2D eigenvalue weighted by Crippen LogP contribution is -2.24. The van der Waals surface area contributed by atoms with E-state index in [4.69, 9.17) is 9.47 Å². The van der Waals surface area contributed by atoms with Crippen LogP contribution in [0.4, 0.5) is 5.82 Å². The molecule has 2 heterocycles. The minimum atomic E-state index is -0.104. The lowest BCUT2D eigenvalue weighted by molar-refractivity contribution is -0.116. The van der Waals surface area contributed by atoms with Crippen molar-refractivity contribution in [2.75, 3.05) is 25.8 Å². The highest BCUT2D eigenvalue weighted by atomic mass is 32.2. The van der Waals surface area contributed by atoms with Crippen LogP contribution in [0.3, 0.4) is 0 Å². The van der Waals surface area contributed by atoms with E-state index in [9.17, 15) is 4.79 Å². The number of hydrogen-bond donors (Lipinski definition) is 1. The number of amides is 1. The maximum Gasteiger partial charge on any atom is 0.226 e. The van der Waals surface area contributed by atoms with E-state index in [1.54, 1.807) is 36.9 Å². The molecule has 1 aliphatic heterocycles. The van der Waals surface area contributed by atoms with Gasteiger partial charge in [0.2, 0.25) is 5.91 Å². The number of thioether (sulfide) groups is 1. The molecule has 1 aromatic heterocycles. The van der Waals surface area contributed by atoms with Gasteiger partial charge in [0, 0.05) is 30.5 Å². The van der Waals surface area contributed by atoms with Gasteiger partial charge in [-0.15, -0.1) is 11.8 Å². The number of rotatable bonds is 4. The molecule has 0 saturated heterocycles. The summed E-state index contributed by atoms with van der Waals surface area (Å²) in [7, 11) is 5.10. The largest absolute Gasteiger partial charge is 0.496 e. The Kier molecular flexibility index (Phi) is 4.21. The maximum atomic E-state index is 12.1. The van der Waals surface area contributed by atoms with Crippen molar-refractivity contribution in [3.05, 3.63) is 29.5 Å². The SMILES string of the molecule is COc1cc(C2CC(=O)Nc3c2cnn3C)c(OC)cc1SC. The van der Waals surface area contributed by atoms with Gasteiger partial charge in [-0.25, -0.2) is 0 Å². The third kappa shape index (κ3) is 2.65. The zero-order chi connectivity index (χ0) is 16.6. The predicted molar refractivity (Wildman–Crippen MR) is 89.6 cm³/mol. The van der Waals surface area contributed by atoms with Gasteiger partial charge in [0.1, 0.15) is 17.3 Å². The maximum absolute atomic E-state index is 12.1. The van der Waals surface area contributed by atoms with E-state index in [-0.39, 0.29) is 11.8 Å². The fourth-order valence-corrected chi connectivity index (χ4v) is 3.51. The Morgan fingerprint density at radius 1 is 1.26 bits per heavy atom. The van der Waals surface area contributed by atoms with Crippen LogP contribution in [0.25, 0.3) is 0 Å². The molecule has 2 aromatic rings. The van der Waals surface area contributed by atoms with Crippen molar-refractivity contribution in [2.24, 2.45) is 7.05 Å². The number of aromatic nitrogens is 2. The van der Waals surface area contributed by atoms with Gasteiger partial charge in [-0.2, -0.15) is 5.10 Å². The molecule has 1 aromatic carbocycles. The second-order valence-corrected chi connectivity index (χ2v) is 6.17. The summed E-state index contributed by atoms with van der Waals surface area (Å²) in [6, 6.07) is 3.92. The molecule has 1 unspecified atom stereocenters. The van der Waals surface area contributed by atoms with Crippen LogP contribution >= 0.6 is 11.8 Å². The van der Waals surface area contributed by atoms with E-state index in [0.717, 1.165) is 33.3 Å². The number of carbonyl (C=O) groups excluding carboxylic acids is 1. The highest BCUT2D eigenvalue weighted by Crippen LogP contribution is 2.44. The van der Waals surface area contributed by atoms with Crippen LogP contribution in [-0.2, 0) is 11.8 Å². The molecule has 1 atom stereocenters. The van der Waals surface area contributed by atoms with Gasteiger partial charge in [0.25, 0.3) is 0 Å². The third-order valence-electron chi connectivity index (χ3n) is 4.10. The molecule has 122 valence electrons. The molecule has 1 amide bonds. The van der Waals surface area contributed by atoms with Crippen molar-refractivity contribution >= 4 is 23.5 Å².